The van der Waals surface area contributed by atoms with Gasteiger partial charge in [0.25, 0.3) is 0 Å². The van der Waals surface area contributed by atoms with Crippen molar-refractivity contribution in [1.82, 2.24) is 9.36 Å². The number of benzene rings is 1. The van der Waals surface area contributed by atoms with Gasteiger partial charge in [-0.05, 0) is 12.1 Å². The second-order valence-electron chi connectivity index (χ2n) is 3.29. The number of rotatable bonds is 3. The average Bonchev–Trinajstić information content (AvgIpc) is 2.91. The molecule has 0 bridgehead atoms. The van der Waals surface area contributed by atoms with E-state index in [2.05, 4.69) is 14.5 Å². The van der Waals surface area contributed by atoms with Gasteiger partial charge in [0.2, 0.25) is 5.13 Å². The molecule has 0 fully saturated rings. The van der Waals surface area contributed by atoms with E-state index in [0.717, 1.165) is 10.8 Å². The highest BCUT2D eigenvalue weighted by Crippen LogP contribution is 2.27. The molecule has 0 radical (unpaired) electrons. The molecule has 0 unspecified atom stereocenters. The fourth-order valence-corrected chi connectivity index (χ4v) is 1.96. The molecule has 1 aromatic heterocycles. The van der Waals surface area contributed by atoms with E-state index in [4.69, 9.17) is 10.9 Å². The van der Waals surface area contributed by atoms with E-state index < -0.39 is 0 Å². The lowest BCUT2D eigenvalue weighted by Gasteiger charge is -2.18. The summed E-state index contributed by atoms with van der Waals surface area (Å²) < 4.78 is 3.94. The quantitative estimate of drug-likeness (QED) is 0.371. The number of nitrogens with zero attached hydrogens (tertiary/aromatic N) is 4. The van der Waals surface area contributed by atoms with Gasteiger partial charge in [-0.25, -0.2) is 4.98 Å². The number of hydrogen-bond acceptors (Lipinski definition) is 6. The van der Waals surface area contributed by atoms with Crippen LogP contribution in [-0.4, -0.2) is 27.4 Å². The van der Waals surface area contributed by atoms with Gasteiger partial charge in [0.15, 0.2) is 5.84 Å². The number of para-hydroxylation sites is 1. The highest BCUT2D eigenvalue weighted by molar-refractivity contribution is 7.09. The van der Waals surface area contributed by atoms with E-state index in [1.165, 1.54) is 17.9 Å². The normalized spacial score (nSPS) is 11.5. The van der Waals surface area contributed by atoms with Crippen molar-refractivity contribution in [2.24, 2.45) is 10.9 Å². The van der Waals surface area contributed by atoms with Gasteiger partial charge < -0.3 is 15.8 Å². The molecule has 0 saturated heterocycles. The fourth-order valence-electron chi connectivity index (χ4n) is 1.45. The summed E-state index contributed by atoms with van der Waals surface area (Å²) in [7, 11) is 1.85. The standard InChI is InChI=1S/C10H11N5OS/c1-15(10-12-6-13-17-10)8-5-3-2-4-7(8)9(11)14-16/h2-6,16H,1H3,(H2,11,14). The van der Waals surface area contributed by atoms with Crippen molar-refractivity contribution in [3.8, 4) is 0 Å². The van der Waals surface area contributed by atoms with Crippen LogP contribution in [0, 0.1) is 0 Å². The Bertz CT molecular complexity index is 525. The Hall–Kier alpha value is -2.15. The van der Waals surface area contributed by atoms with E-state index in [1.807, 2.05) is 30.1 Å². The first-order valence-electron chi connectivity index (χ1n) is 4.81. The lowest BCUT2D eigenvalue weighted by molar-refractivity contribution is 0.318. The van der Waals surface area contributed by atoms with Gasteiger partial charge in [-0.1, -0.05) is 17.3 Å². The third-order valence-electron chi connectivity index (χ3n) is 2.29. The molecule has 2 aromatic rings. The van der Waals surface area contributed by atoms with Crippen LogP contribution in [-0.2, 0) is 0 Å². The zero-order valence-corrected chi connectivity index (χ0v) is 9.92. The van der Waals surface area contributed by atoms with Crippen LogP contribution in [0.2, 0.25) is 0 Å². The van der Waals surface area contributed by atoms with Gasteiger partial charge in [-0.2, -0.15) is 4.37 Å². The van der Waals surface area contributed by atoms with Crippen LogP contribution in [0.4, 0.5) is 10.8 Å². The van der Waals surface area contributed by atoms with Gasteiger partial charge in [-0.15, -0.1) is 0 Å². The second kappa shape index (κ2) is 4.79. The molecule has 0 spiro atoms. The van der Waals surface area contributed by atoms with Crippen LogP contribution >= 0.6 is 11.5 Å². The van der Waals surface area contributed by atoms with Crippen LogP contribution in [0.25, 0.3) is 0 Å². The lowest BCUT2D eigenvalue weighted by atomic mass is 10.1. The summed E-state index contributed by atoms with van der Waals surface area (Å²) in [6.45, 7) is 0. The minimum atomic E-state index is 0.0666. The smallest absolute Gasteiger partial charge is 0.209 e. The highest BCUT2D eigenvalue weighted by Gasteiger charge is 2.13. The van der Waals surface area contributed by atoms with Crippen LogP contribution in [0.1, 0.15) is 5.56 Å². The van der Waals surface area contributed by atoms with Gasteiger partial charge in [0.1, 0.15) is 6.33 Å². The maximum Gasteiger partial charge on any atom is 0.209 e. The van der Waals surface area contributed by atoms with Crippen molar-refractivity contribution in [3.63, 3.8) is 0 Å². The number of nitrogens with two attached hydrogens (primary N) is 1. The minimum absolute atomic E-state index is 0.0666. The zero-order valence-electron chi connectivity index (χ0n) is 9.11. The van der Waals surface area contributed by atoms with Crippen LogP contribution < -0.4 is 10.6 Å². The molecule has 1 heterocycles. The largest absolute Gasteiger partial charge is 0.409 e. The summed E-state index contributed by atoms with van der Waals surface area (Å²) in [5.74, 6) is 0.0666. The van der Waals surface area contributed by atoms with Gasteiger partial charge in [-0.3, -0.25) is 0 Å². The van der Waals surface area contributed by atoms with Crippen molar-refractivity contribution >= 4 is 28.2 Å². The summed E-state index contributed by atoms with van der Waals surface area (Å²) >= 11 is 1.28. The monoisotopic (exact) mass is 249 g/mol. The molecular formula is C10H11N5OS. The Balaban J connectivity index is 2.45. The van der Waals surface area contributed by atoms with Crippen molar-refractivity contribution < 1.29 is 5.21 Å². The molecule has 1 aromatic carbocycles. The van der Waals surface area contributed by atoms with E-state index in [0.29, 0.717) is 5.56 Å². The molecule has 0 aliphatic heterocycles. The predicted octanol–water partition coefficient (Wildman–Crippen LogP) is 1.40. The van der Waals surface area contributed by atoms with E-state index >= 15 is 0 Å². The number of amidine groups is 1. The van der Waals surface area contributed by atoms with Crippen LogP contribution in [0.5, 0.6) is 0 Å². The van der Waals surface area contributed by atoms with E-state index in [-0.39, 0.29) is 5.84 Å². The Morgan fingerprint density at radius 3 is 2.88 bits per heavy atom. The molecule has 0 saturated carbocycles. The van der Waals surface area contributed by atoms with Gasteiger partial charge in [0, 0.05) is 24.1 Å². The maximum atomic E-state index is 8.74. The zero-order chi connectivity index (χ0) is 12.3. The number of aromatic nitrogens is 2. The Morgan fingerprint density at radius 2 is 2.24 bits per heavy atom. The molecule has 6 nitrogen and oxygen atoms in total. The van der Waals surface area contributed by atoms with Crippen molar-refractivity contribution in [2.75, 3.05) is 11.9 Å². The minimum Gasteiger partial charge on any atom is -0.409 e. The topological polar surface area (TPSA) is 87.6 Å². The Labute approximate surface area is 102 Å². The Morgan fingerprint density at radius 1 is 1.47 bits per heavy atom. The highest BCUT2D eigenvalue weighted by atomic mass is 32.1. The molecule has 0 amide bonds. The van der Waals surface area contributed by atoms with Crippen LogP contribution in [0.3, 0.4) is 0 Å². The molecule has 17 heavy (non-hydrogen) atoms. The predicted molar refractivity (Wildman–Crippen MR) is 66.9 cm³/mol. The first-order valence-corrected chi connectivity index (χ1v) is 5.58. The molecule has 0 aliphatic carbocycles. The average molecular weight is 249 g/mol. The van der Waals surface area contributed by atoms with Crippen LogP contribution in [0.15, 0.2) is 35.7 Å². The number of anilines is 2. The third kappa shape index (κ3) is 2.18. The van der Waals surface area contributed by atoms with Gasteiger partial charge in [0.05, 0.1) is 5.69 Å². The van der Waals surface area contributed by atoms with Gasteiger partial charge >= 0.3 is 0 Å². The summed E-state index contributed by atoms with van der Waals surface area (Å²) in [5.41, 5.74) is 7.08. The number of hydrogen-bond donors (Lipinski definition) is 2. The summed E-state index contributed by atoms with van der Waals surface area (Å²) in [4.78, 5) is 5.95. The van der Waals surface area contributed by atoms with E-state index in [1.54, 1.807) is 6.07 Å². The summed E-state index contributed by atoms with van der Waals surface area (Å²) in [6, 6.07) is 7.35. The third-order valence-corrected chi connectivity index (χ3v) is 3.03. The van der Waals surface area contributed by atoms with Crippen molar-refractivity contribution in [1.29, 1.82) is 0 Å². The first kappa shape index (κ1) is 11.3. The first-order chi connectivity index (χ1) is 8.24. The maximum absolute atomic E-state index is 8.74. The SMILES string of the molecule is CN(c1ncns1)c1ccccc1C(N)=NO. The van der Waals surface area contributed by atoms with Crippen molar-refractivity contribution in [3.05, 3.63) is 36.2 Å². The molecule has 7 heteroatoms. The second-order valence-corrected chi connectivity index (χ2v) is 4.04. The molecule has 2 rings (SSSR count). The molecule has 0 atom stereocenters. The fraction of sp³-hybridized carbons (Fsp3) is 0.100. The molecule has 0 aliphatic rings. The lowest BCUT2D eigenvalue weighted by Crippen LogP contribution is -2.19. The van der Waals surface area contributed by atoms with Crippen molar-refractivity contribution in [2.45, 2.75) is 0 Å². The number of oxime groups is 1. The summed E-state index contributed by atoms with van der Waals surface area (Å²) in [6.07, 6.45) is 1.49. The summed E-state index contributed by atoms with van der Waals surface area (Å²) in [5, 5.41) is 12.5. The molecular weight excluding hydrogens is 238 g/mol. The van der Waals surface area contributed by atoms with E-state index in [9.17, 15) is 0 Å². The molecule has 88 valence electrons. The molecule has 3 N–H and O–H groups in total. The Kier molecular flexibility index (Phi) is 3.20.